The molecule has 0 radical (unpaired) electrons. The molecular formula is C15H16INO2. The molecule has 0 spiro atoms. The first-order valence-electron chi connectivity index (χ1n) is 5.93. The van der Waals surface area contributed by atoms with Gasteiger partial charge in [0.15, 0.2) is 0 Å². The quantitative estimate of drug-likeness (QED) is 0.811. The van der Waals surface area contributed by atoms with Crippen molar-refractivity contribution >= 4 is 28.3 Å². The summed E-state index contributed by atoms with van der Waals surface area (Å²) in [4.78, 5) is 0. The Morgan fingerprint density at radius 1 is 0.947 bits per heavy atom. The maximum absolute atomic E-state index is 5.19. The number of anilines is 1. The average Bonchev–Trinajstić information content (AvgIpc) is 2.46. The molecule has 0 aliphatic rings. The first-order chi connectivity index (χ1) is 9.22. The number of nitrogens with one attached hydrogen (secondary N) is 1. The molecule has 0 bridgehead atoms. The number of methoxy groups -OCH3 is 2. The van der Waals surface area contributed by atoms with E-state index in [1.54, 1.807) is 14.2 Å². The third-order valence-corrected chi connectivity index (χ3v) is 3.71. The summed E-state index contributed by atoms with van der Waals surface area (Å²) in [5, 5.41) is 3.41. The highest BCUT2D eigenvalue weighted by Gasteiger charge is 2.01. The third-order valence-electron chi connectivity index (χ3n) is 2.82. The number of ether oxygens (including phenoxy) is 2. The number of hydrogen-bond acceptors (Lipinski definition) is 3. The second kappa shape index (κ2) is 6.65. The molecule has 0 aromatic heterocycles. The average molecular weight is 369 g/mol. The molecular weight excluding hydrogens is 353 g/mol. The molecule has 0 amide bonds. The molecule has 0 fully saturated rings. The Bertz CT molecular complexity index is 540. The molecule has 19 heavy (non-hydrogen) atoms. The van der Waals surface area contributed by atoms with Gasteiger partial charge in [-0.05, 0) is 58.5 Å². The van der Waals surface area contributed by atoms with Gasteiger partial charge in [-0.25, -0.2) is 0 Å². The number of benzene rings is 2. The SMILES string of the molecule is COc1ccc(CNc2ccc(OC)cc2I)cc1. The molecule has 1 N–H and O–H groups in total. The Balaban J connectivity index is 2.01. The summed E-state index contributed by atoms with van der Waals surface area (Å²) < 4.78 is 11.5. The molecule has 0 unspecified atom stereocenters. The van der Waals surface area contributed by atoms with Crippen LogP contribution >= 0.6 is 22.6 Å². The van der Waals surface area contributed by atoms with E-state index >= 15 is 0 Å². The fourth-order valence-corrected chi connectivity index (χ4v) is 2.38. The lowest BCUT2D eigenvalue weighted by molar-refractivity contribution is 0.414. The zero-order chi connectivity index (χ0) is 13.7. The molecule has 0 heterocycles. The Labute approximate surface area is 127 Å². The van der Waals surface area contributed by atoms with Crippen molar-refractivity contribution in [2.24, 2.45) is 0 Å². The summed E-state index contributed by atoms with van der Waals surface area (Å²) in [6.45, 7) is 0.784. The van der Waals surface area contributed by atoms with Gasteiger partial charge >= 0.3 is 0 Å². The van der Waals surface area contributed by atoms with Gasteiger partial charge in [-0.3, -0.25) is 0 Å². The Morgan fingerprint density at radius 2 is 1.58 bits per heavy atom. The van der Waals surface area contributed by atoms with Crippen molar-refractivity contribution in [1.82, 2.24) is 0 Å². The Hall–Kier alpha value is -1.43. The van der Waals surface area contributed by atoms with Crippen molar-refractivity contribution in [3.8, 4) is 11.5 Å². The van der Waals surface area contributed by atoms with Crippen LogP contribution in [0, 0.1) is 3.57 Å². The molecule has 3 nitrogen and oxygen atoms in total. The van der Waals surface area contributed by atoms with Gasteiger partial charge in [-0.1, -0.05) is 12.1 Å². The van der Waals surface area contributed by atoms with E-state index in [1.807, 2.05) is 30.3 Å². The van der Waals surface area contributed by atoms with E-state index in [9.17, 15) is 0 Å². The summed E-state index contributed by atoms with van der Waals surface area (Å²) in [6, 6.07) is 14.1. The lowest BCUT2D eigenvalue weighted by Crippen LogP contribution is -2.01. The van der Waals surface area contributed by atoms with Crippen LogP contribution in [0.5, 0.6) is 11.5 Å². The number of rotatable bonds is 5. The van der Waals surface area contributed by atoms with Crippen molar-refractivity contribution in [2.75, 3.05) is 19.5 Å². The van der Waals surface area contributed by atoms with Crippen molar-refractivity contribution in [3.05, 3.63) is 51.6 Å². The maximum atomic E-state index is 5.19. The van der Waals surface area contributed by atoms with Crippen LogP contribution in [0.1, 0.15) is 5.56 Å². The van der Waals surface area contributed by atoms with Crippen LogP contribution in [-0.2, 0) is 6.54 Å². The molecule has 2 aromatic rings. The largest absolute Gasteiger partial charge is 0.497 e. The Morgan fingerprint density at radius 3 is 2.16 bits per heavy atom. The van der Waals surface area contributed by atoms with Gasteiger partial charge in [0.25, 0.3) is 0 Å². The van der Waals surface area contributed by atoms with Crippen LogP contribution in [-0.4, -0.2) is 14.2 Å². The van der Waals surface area contributed by atoms with Crippen LogP contribution in [0.2, 0.25) is 0 Å². The molecule has 0 aliphatic heterocycles. The summed E-state index contributed by atoms with van der Waals surface area (Å²) in [7, 11) is 3.35. The van der Waals surface area contributed by atoms with E-state index in [-0.39, 0.29) is 0 Å². The first-order valence-corrected chi connectivity index (χ1v) is 7.01. The van der Waals surface area contributed by atoms with E-state index in [0.29, 0.717) is 0 Å². The van der Waals surface area contributed by atoms with Crippen molar-refractivity contribution in [3.63, 3.8) is 0 Å². The van der Waals surface area contributed by atoms with Gasteiger partial charge < -0.3 is 14.8 Å². The third kappa shape index (κ3) is 3.76. The highest BCUT2D eigenvalue weighted by Crippen LogP contribution is 2.24. The van der Waals surface area contributed by atoms with Crippen LogP contribution < -0.4 is 14.8 Å². The van der Waals surface area contributed by atoms with Gasteiger partial charge in [-0.15, -0.1) is 0 Å². The van der Waals surface area contributed by atoms with Crippen molar-refractivity contribution in [1.29, 1.82) is 0 Å². The topological polar surface area (TPSA) is 30.5 Å². The summed E-state index contributed by atoms with van der Waals surface area (Å²) >= 11 is 2.30. The molecule has 2 rings (SSSR count). The van der Waals surface area contributed by atoms with Gasteiger partial charge in [0.2, 0.25) is 0 Å². The van der Waals surface area contributed by atoms with Gasteiger partial charge in [-0.2, -0.15) is 0 Å². The molecule has 2 aromatic carbocycles. The predicted molar refractivity (Wildman–Crippen MR) is 86.0 cm³/mol. The zero-order valence-corrected chi connectivity index (χ0v) is 13.1. The van der Waals surface area contributed by atoms with Crippen LogP contribution in [0.25, 0.3) is 0 Å². The zero-order valence-electron chi connectivity index (χ0n) is 10.9. The minimum absolute atomic E-state index is 0.784. The first kappa shape index (κ1) is 14.0. The Kier molecular flexibility index (Phi) is 4.90. The van der Waals surface area contributed by atoms with Gasteiger partial charge in [0, 0.05) is 15.8 Å². The van der Waals surface area contributed by atoms with Crippen molar-refractivity contribution in [2.45, 2.75) is 6.54 Å². The normalized spacial score (nSPS) is 10.1. The smallest absolute Gasteiger partial charge is 0.120 e. The molecule has 0 saturated heterocycles. The van der Waals surface area contributed by atoms with Crippen LogP contribution in [0.3, 0.4) is 0 Å². The number of halogens is 1. The standard InChI is InChI=1S/C15H16INO2/c1-18-12-5-3-11(4-6-12)10-17-15-8-7-13(19-2)9-14(15)16/h3-9,17H,10H2,1-2H3. The van der Waals surface area contributed by atoms with Crippen LogP contribution in [0.15, 0.2) is 42.5 Å². The highest BCUT2D eigenvalue weighted by molar-refractivity contribution is 14.1. The van der Waals surface area contributed by atoms with Gasteiger partial charge in [0.05, 0.1) is 14.2 Å². The maximum Gasteiger partial charge on any atom is 0.120 e. The fourth-order valence-electron chi connectivity index (χ4n) is 1.71. The molecule has 100 valence electrons. The monoisotopic (exact) mass is 369 g/mol. The molecule has 0 saturated carbocycles. The fraction of sp³-hybridized carbons (Fsp3) is 0.200. The van der Waals surface area contributed by atoms with Crippen molar-refractivity contribution < 1.29 is 9.47 Å². The lowest BCUT2D eigenvalue weighted by atomic mass is 10.2. The summed E-state index contributed by atoms with van der Waals surface area (Å²) in [5.74, 6) is 1.75. The predicted octanol–water partition coefficient (Wildman–Crippen LogP) is 3.92. The minimum atomic E-state index is 0.784. The van der Waals surface area contributed by atoms with E-state index in [0.717, 1.165) is 27.3 Å². The van der Waals surface area contributed by atoms with E-state index in [2.05, 4.69) is 40.0 Å². The lowest BCUT2D eigenvalue weighted by Gasteiger charge is -2.10. The summed E-state index contributed by atoms with van der Waals surface area (Å²) in [6.07, 6.45) is 0. The molecule has 0 atom stereocenters. The highest BCUT2D eigenvalue weighted by atomic mass is 127. The molecule has 4 heteroatoms. The second-order valence-electron chi connectivity index (χ2n) is 4.05. The van der Waals surface area contributed by atoms with Gasteiger partial charge in [0.1, 0.15) is 11.5 Å². The van der Waals surface area contributed by atoms with E-state index in [1.165, 1.54) is 5.56 Å². The summed E-state index contributed by atoms with van der Waals surface area (Å²) in [5.41, 5.74) is 2.32. The number of hydrogen-bond donors (Lipinski definition) is 1. The molecule has 0 aliphatic carbocycles. The van der Waals surface area contributed by atoms with E-state index in [4.69, 9.17) is 9.47 Å². The minimum Gasteiger partial charge on any atom is -0.497 e. The van der Waals surface area contributed by atoms with E-state index < -0.39 is 0 Å². The second-order valence-corrected chi connectivity index (χ2v) is 5.21. The van der Waals surface area contributed by atoms with Crippen LogP contribution in [0.4, 0.5) is 5.69 Å².